The molecule has 0 bridgehead atoms. The van der Waals surface area contributed by atoms with E-state index >= 15 is 0 Å². The van der Waals surface area contributed by atoms with Gasteiger partial charge in [0.25, 0.3) is 0 Å². The van der Waals surface area contributed by atoms with E-state index in [9.17, 15) is 0 Å². The first-order valence-electron chi connectivity index (χ1n) is 7.72. The predicted octanol–water partition coefficient (Wildman–Crippen LogP) is 2.94. The summed E-state index contributed by atoms with van der Waals surface area (Å²) in [5.74, 6) is 4.31. The number of rotatable bonds is 6. The van der Waals surface area contributed by atoms with Crippen LogP contribution in [0.1, 0.15) is 32.0 Å². The first-order chi connectivity index (χ1) is 9.69. The molecule has 0 unspecified atom stereocenters. The smallest absolute Gasteiger partial charge is 0.129 e. The Balaban J connectivity index is 2.06. The zero-order valence-corrected chi connectivity index (χ0v) is 13.8. The van der Waals surface area contributed by atoms with Crippen molar-refractivity contribution >= 4 is 17.6 Å². The summed E-state index contributed by atoms with van der Waals surface area (Å²) in [6, 6.07) is 4.51. The third-order valence-corrected chi connectivity index (χ3v) is 4.45. The Hall–Kier alpha value is -0.740. The van der Waals surface area contributed by atoms with Gasteiger partial charge in [0.2, 0.25) is 0 Å². The van der Waals surface area contributed by atoms with Gasteiger partial charge in [-0.05, 0) is 36.6 Å². The van der Waals surface area contributed by atoms with Crippen molar-refractivity contribution in [3.8, 4) is 0 Å². The van der Waals surface area contributed by atoms with E-state index in [0.717, 1.165) is 32.6 Å². The number of anilines is 1. The summed E-state index contributed by atoms with van der Waals surface area (Å²) in [6.45, 7) is 10.9. The number of hydrogen-bond donors (Lipinski definition) is 1. The van der Waals surface area contributed by atoms with Crippen molar-refractivity contribution in [2.45, 2.75) is 33.7 Å². The summed E-state index contributed by atoms with van der Waals surface area (Å²) in [5, 5.41) is 3.53. The second kappa shape index (κ2) is 7.89. The molecule has 1 aliphatic rings. The van der Waals surface area contributed by atoms with Gasteiger partial charge in [-0.25, -0.2) is 4.98 Å². The molecule has 0 amide bonds. The molecule has 112 valence electrons. The lowest BCUT2D eigenvalue weighted by molar-refractivity contribution is 0.552. The maximum Gasteiger partial charge on any atom is 0.129 e. The lowest BCUT2D eigenvalue weighted by Gasteiger charge is -2.28. The number of nitrogens with zero attached hydrogens (tertiary/aromatic N) is 2. The Bertz CT molecular complexity index is 414. The molecule has 0 radical (unpaired) electrons. The van der Waals surface area contributed by atoms with Crippen LogP contribution in [0, 0.1) is 5.92 Å². The second-order valence-corrected chi connectivity index (χ2v) is 7.03. The van der Waals surface area contributed by atoms with E-state index < -0.39 is 0 Å². The Morgan fingerprint density at radius 1 is 1.30 bits per heavy atom. The van der Waals surface area contributed by atoms with Gasteiger partial charge in [0.15, 0.2) is 0 Å². The van der Waals surface area contributed by atoms with Gasteiger partial charge in [-0.3, -0.25) is 0 Å². The molecule has 1 aliphatic heterocycles. The van der Waals surface area contributed by atoms with E-state index in [0.29, 0.717) is 5.92 Å². The van der Waals surface area contributed by atoms with Crippen LogP contribution in [0.25, 0.3) is 0 Å². The number of aryl methyl sites for hydroxylation is 1. The maximum atomic E-state index is 4.81. The fourth-order valence-electron chi connectivity index (χ4n) is 2.38. The van der Waals surface area contributed by atoms with E-state index in [2.05, 4.69) is 43.1 Å². The van der Waals surface area contributed by atoms with Crippen LogP contribution in [0.5, 0.6) is 0 Å². The summed E-state index contributed by atoms with van der Waals surface area (Å²) in [5.41, 5.74) is 2.58. The van der Waals surface area contributed by atoms with Crippen LogP contribution in [0.2, 0.25) is 0 Å². The van der Waals surface area contributed by atoms with Crippen LogP contribution < -0.4 is 10.2 Å². The molecule has 0 aromatic carbocycles. The van der Waals surface area contributed by atoms with Gasteiger partial charge in [0.1, 0.15) is 5.82 Å². The number of aromatic nitrogens is 1. The zero-order chi connectivity index (χ0) is 14.4. The lowest BCUT2D eigenvalue weighted by atomic mass is 10.1. The molecule has 0 spiro atoms. The summed E-state index contributed by atoms with van der Waals surface area (Å²) in [6.07, 6.45) is 1.01. The van der Waals surface area contributed by atoms with Gasteiger partial charge < -0.3 is 10.2 Å². The molecule has 1 aromatic heterocycles. The van der Waals surface area contributed by atoms with Crippen molar-refractivity contribution in [2.24, 2.45) is 5.92 Å². The first kappa shape index (κ1) is 15.6. The van der Waals surface area contributed by atoms with E-state index in [1.165, 1.54) is 28.6 Å². The van der Waals surface area contributed by atoms with Gasteiger partial charge in [-0.1, -0.05) is 20.8 Å². The van der Waals surface area contributed by atoms with Crippen LogP contribution in [-0.2, 0) is 13.0 Å². The fourth-order valence-corrected chi connectivity index (χ4v) is 3.28. The van der Waals surface area contributed by atoms with Crippen molar-refractivity contribution in [1.82, 2.24) is 10.3 Å². The van der Waals surface area contributed by atoms with Crippen LogP contribution in [0.15, 0.2) is 12.1 Å². The second-order valence-electron chi connectivity index (χ2n) is 5.80. The van der Waals surface area contributed by atoms with Gasteiger partial charge >= 0.3 is 0 Å². The molecule has 3 nitrogen and oxygen atoms in total. The Morgan fingerprint density at radius 3 is 2.70 bits per heavy atom. The first-order valence-corrected chi connectivity index (χ1v) is 8.87. The molecule has 1 fully saturated rings. The van der Waals surface area contributed by atoms with Gasteiger partial charge in [0.05, 0.1) is 0 Å². The molecule has 1 aromatic rings. The normalized spacial score (nSPS) is 15.9. The molecule has 1 N–H and O–H groups in total. The largest absolute Gasteiger partial charge is 0.355 e. The van der Waals surface area contributed by atoms with E-state index in [1.54, 1.807) is 0 Å². The molecule has 0 atom stereocenters. The summed E-state index contributed by atoms with van der Waals surface area (Å²) >= 11 is 2.04. The maximum absolute atomic E-state index is 4.81. The summed E-state index contributed by atoms with van der Waals surface area (Å²) in [4.78, 5) is 7.24. The molecule has 1 saturated heterocycles. The summed E-state index contributed by atoms with van der Waals surface area (Å²) < 4.78 is 0. The minimum atomic E-state index is 0.695. The van der Waals surface area contributed by atoms with E-state index in [-0.39, 0.29) is 0 Å². The highest BCUT2D eigenvalue weighted by molar-refractivity contribution is 7.99. The molecule has 20 heavy (non-hydrogen) atoms. The average Bonchev–Trinajstić information content (AvgIpc) is 2.47. The van der Waals surface area contributed by atoms with E-state index in [1.807, 2.05) is 11.8 Å². The molecule has 4 heteroatoms. The SMILES string of the molecule is CCc1cc(CNCC(C)C)cc(N2CCSCC2)n1. The lowest BCUT2D eigenvalue weighted by Crippen LogP contribution is -2.33. The highest BCUT2D eigenvalue weighted by Crippen LogP contribution is 2.20. The summed E-state index contributed by atoms with van der Waals surface area (Å²) in [7, 11) is 0. The molecular formula is C16H27N3S. The highest BCUT2D eigenvalue weighted by Gasteiger charge is 2.13. The zero-order valence-electron chi connectivity index (χ0n) is 13.0. The fraction of sp³-hybridized carbons (Fsp3) is 0.688. The minimum absolute atomic E-state index is 0.695. The van der Waals surface area contributed by atoms with Crippen molar-refractivity contribution in [3.63, 3.8) is 0 Å². The average molecular weight is 293 g/mol. The number of pyridine rings is 1. The van der Waals surface area contributed by atoms with E-state index in [4.69, 9.17) is 4.98 Å². The number of thioether (sulfide) groups is 1. The van der Waals surface area contributed by atoms with Gasteiger partial charge in [-0.2, -0.15) is 11.8 Å². The molecule has 2 rings (SSSR count). The van der Waals surface area contributed by atoms with Crippen molar-refractivity contribution in [1.29, 1.82) is 0 Å². The molecule has 0 saturated carbocycles. The van der Waals surface area contributed by atoms with Gasteiger partial charge in [-0.15, -0.1) is 0 Å². The van der Waals surface area contributed by atoms with Crippen LogP contribution in [0.4, 0.5) is 5.82 Å². The Labute approximate surface area is 127 Å². The quantitative estimate of drug-likeness (QED) is 0.873. The van der Waals surface area contributed by atoms with Crippen LogP contribution in [0.3, 0.4) is 0 Å². The van der Waals surface area contributed by atoms with Crippen molar-refractivity contribution in [3.05, 3.63) is 23.4 Å². The van der Waals surface area contributed by atoms with Crippen LogP contribution in [-0.4, -0.2) is 36.1 Å². The van der Waals surface area contributed by atoms with Gasteiger partial charge in [0, 0.05) is 36.8 Å². The number of nitrogens with one attached hydrogen (secondary N) is 1. The molecular weight excluding hydrogens is 266 g/mol. The monoisotopic (exact) mass is 293 g/mol. The van der Waals surface area contributed by atoms with Crippen molar-refractivity contribution < 1.29 is 0 Å². The molecule has 0 aliphatic carbocycles. The predicted molar refractivity (Wildman–Crippen MR) is 89.7 cm³/mol. The third-order valence-electron chi connectivity index (χ3n) is 3.50. The third kappa shape index (κ3) is 4.67. The minimum Gasteiger partial charge on any atom is -0.355 e. The standard InChI is InChI=1S/C16H27N3S/c1-4-15-9-14(12-17-11-13(2)3)10-16(18-15)19-5-7-20-8-6-19/h9-10,13,17H,4-8,11-12H2,1-3H3. The number of hydrogen-bond acceptors (Lipinski definition) is 4. The van der Waals surface area contributed by atoms with Crippen LogP contribution >= 0.6 is 11.8 Å². The highest BCUT2D eigenvalue weighted by atomic mass is 32.2. The Morgan fingerprint density at radius 2 is 2.05 bits per heavy atom. The topological polar surface area (TPSA) is 28.2 Å². The Kier molecular flexibility index (Phi) is 6.17. The molecule has 2 heterocycles. The van der Waals surface area contributed by atoms with Crippen molar-refractivity contribution in [2.75, 3.05) is 36.0 Å².